The van der Waals surface area contributed by atoms with Crippen LogP contribution in [-0.4, -0.2) is 5.97 Å². The maximum Gasteiger partial charge on any atom is 0.338 e. The predicted molar refractivity (Wildman–Crippen MR) is 71.3 cm³/mol. The van der Waals surface area contributed by atoms with Gasteiger partial charge in [0.25, 0.3) is 0 Å². The summed E-state index contributed by atoms with van der Waals surface area (Å²) in [5.74, 6) is -2.13. The first-order valence-electron chi connectivity index (χ1n) is 5.63. The van der Waals surface area contributed by atoms with E-state index in [4.69, 9.17) is 22.1 Å². The lowest BCUT2D eigenvalue weighted by Gasteiger charge is -2.07. The molecule has 0 saturated heterocycles. The van der Waals surface area contributed by atoms with Crippen LogP contribution in [0, 0.1) is 11.6 Å². The van der Waals surface area contributed by atoms with Crippen LogP contribution in [0.3, 0.4) is 0 Å². The fraction of sp³-hybridized carbons (Fsp3) is 0.0714. The van der Waals surface area contributed by atoms with Crippen molar-refractivity contribution in [2.75, 3.05) is 5.73 Å². The third-order valence-electron chi connectivity index (χ3n) is 2.61. The third kappa shape index (κ3) is 3.24. The highest BCUT2D eigenvalue weighted by molar-refractivity contribution is 6.33. The van der Waals surface area contributed by atoms with Crippen molar-refractivity contribution in [1.29, 1.82) is 0 Å². The zero-order valence-corrected chi connectivity index (χ0v) is 11.0. The largest absolute Gasteiger partial charge is 0.457 e. The molecule has 0 unspecified atom stereocenters. The van der Waals surface area contributed by atoms with Crippen LogP contribution in [0.1, 0.15) is 15.9 Å². The lowest BCUT2D eigenvalue weighted by Crippen LogP contribution is -2.06. The number of ether oxygens (including phenoxy) is 1. The van der Waals surface area contributed by atoms with Gasteiger partial charge < -0.3 is 10.5 Å². The Bertz CT molecular complexity index is 662. The molecule has 0 heterocycles. The van der Waals surface area contributed by atoms with Gasteiger partial charge in [-0.15, -0.1) is 0 Å². The molecule has 2 aromatic carbocycles. The minimum atomic E-state index is -0.770. The van der Waals surface area contributed by atoms with Crippen molar-refractivity contribution >= 4 is 23.3 Å². The van der Waals surface area contributed by atoms with Crippen LogP contribution in [0.4, 0.5) is 14.5 Å². The summed E-state index contributed by atoms with van der Waals surface area (Å²) in [6.45, 7) is -0.299. The van der Waals surface area contributed by atoms with Gasteiger partial charge in [-0.2, -0.15) is 0 Å². The van der Waals surface area contributed by atoms with Crippen LogP contribution < -0.4 is 5.73 Å². The standard InChI is InChI=1S/C14H10ClF2NO2/c15-11-5-8(2-4-13(11)18)14(19)20-7-9-1-3-10(16)6-12(9)17/h1-6H,7,18H2. The summed E-state index contributed by atoms with van der Waals surface area (Å²) in [7, 11) is 0. The zero-order valence-electron chi connectivity index (χ0n) is 10.2. The monoisotopic (exact) mass is 297 g/mol. The maximum absolute atomic E-state index is 13.4. The molecule has 0 radical (unpaired) electrons. The molecule has 0 aromatic heterocycles. The van der Waals surface area contributed by atoms with Gasteiger partial charge in [0.15, 0.2) is 0 Å². The molecule has 2 rings (SSSR count). The van der Waals surface area contributed by atoms with E-state index in [2.05, 4.69) is 0 Å². The molecule has 3 nitrogen and oxygen atoms in total. The van der Waals surface area contributed by atoms with E-state index in [0.29, 0.717) is 5.69 Å². The van der Waals surface area contributed by atoms with Gasteiger partial charge in [-0.1, -0.05) is 11.6 Å². The second kappa shape index (κ2) is 5.88. The molecule has 2 aromatic rings. The number of halogens is 3. The molecule has 0 fully saturated rings. The van der Waals surface area contributed by atoms with E-state index in [-0.39, 0.29) is 22.8 Å². The Kier molecular flexibility index (Phi) is 4.20. The summed E-state index contributed by atoms with van der Waals surface area (Å²) in [6, 6.07) is 7.31. The summed E-state index contributed by atoms with van der Waals surface area (Å²) >= 11 is 5.78. The Balaban J connectivity index is 2.06. The van der Waals surface area contributed by atoms with Crippen LogP contribution in [0.15, 0.2) is 36.4 Å². The van der Waals surface area contributed by atoms with Crippen LogP contribution >= 0.6 is 11.6 Å². The molecule has 6 heteroatoms. The van der Waals surface area contributed by atoms with E-state index >= 15 is 0 Å². The quantitative estimate of drug-likeness (QED) is 0.696. The number of hydrogen-bond donors (Lipinski definition) is 1. The molecule has 0 aliphatic heterocycles. The number of rotatable bonds is 3. The van der Waals surface area contributed by atoms with Gasteiger partial charge in [-0.05, 0) is 30.3 Å². The van der Waals surface area contributed by atoms with Crippen molar-refractivity contribution in [2.45, 2.75) is 6.61 Å². The van der Waals surface area contributed by atoms with E-state index in [0.717, 1.165) is 12.1 Å². The molecular weight excluding hydrogens is 288 g/mol. The van der Waals surface area contributed by atoms with E-state index in [1.807, 2.05) is 0 Å². The molecular formula is C14H10ClF2NO2. The van der Waals surface area contributed by atoms with E-state index in [1.165, 1.54) is 24.3 Å². The molecule has 0 atom stereocenters. The average molecular weight is 298 g/mol. The summed E-state index contributed by atoms with van der Waals surface area (Å²) < 4.78 is 31.0. The predicted octanol–water partition coefficient (Wildman–Crippen LogP) is 3.56. The van der Waals surface area contributed by atoms with Crippen molar-refractivity contribution in [1.82, 2.24) is 0 Å². The van der Waals surface area contributed by atoms with Gasteiger partial charge in [0.05, 0.1) is 16.3 Å². The molecule has 0 spiro atoms. The van der Waals surface area contributed by atoms with E-state index in [9.17, 15) is 13.6 Å². The van der Waals surface area contributed by atoms with Crippen LogP contribution in [-0.2, 0) is 11.3 Å². The number of nitrogen functional groups attached to an aromatic ring is 1. The van der Waals surface area contributed by atoms with Gasteiger partial charge >= 0.3 is 5.97 Å². The van der Waals surface area contributed by atoms with Crippen molar-refractivity contribution in [2.24, 2.45) is 0 Å². The Morgan fingerprint density at radius 2 is 1.95 bits per heavy atom. The molecule has 0 amide bonds. The topological polar surface area (TPSA) is 52.3 Å². The van der Waals surface area contributed by atoms with Gasteiger partial charge in [0.2, 0.25) is 0 Å². The smallest absolute Gasteiger partial charge is 0.338 e. The van der Waals surface area contributed by atoms with Crippen molar-refractivity contribution in [3.05, 3.63) is 64.2 Å². The van der Waals surface area contributed by atoms with Crippen LogP contribution in [0.25, 0.3) is 0 Å². The fourth-order valence-electron chi connectivity index (χ4n) is 1.52. The van der Waals surface area contributed by atoms with Crippen molar-refractivity contribution in [3.63, 3.8) is 0 Å². The van der Waals surface area contributed by atoms with Gasteiger partial charge in [0.1, 0.15) is 18.2 Å². The van der Waals surface area contributed by atoms with Gasteiger partial charge in [-0.25, -0.2) is 13.6 Å². The second-order valence-electron chi connectivity index (χ2n) is 4.05. The molecule has 104 valence electrons. The molecule has 20 heavy (non-hydrogen) atoms. The first kappa shape index (κ1) is 14.3. The molecule has 0 aliphatic rings. The number of anilines is 1. The lowest BCUT2D eigenvalue weighted by molar-refractivity contribution is 0.0469. The second-order valence-corrected chi connectivity index (χ2v) is 4.46. The first-order chi connectivity index (χ1) is 9.47. The first-order valence-corrected chi connectivity index (χ1v) is 6.01. The number of carbonyl (C=O) groups is 1. The summed E-state index contributed by atoms with van der Waals surface area (Å²) in [5, 5.41) is 0.229. The SMILES string of the molecule is Nc1ccc(C(=O)OCc2ccc(F)cc2F)cc1Cl. The summed E-state index contributed by atoms with van der Waals surface area (Å²) in [5.41, 5.74) is 6.14. The molecule has 0 bridgehead atoms. The number of carbonyl (C=O) groups excluding carboxylic acids is 1. The Morgan fingerprint density at radius 1 is 1.20 bits per heavy atom. The lowest BCUT2D eigenvalue weighted by atomic mass is 10.2. The highest BCUT2D eigenvalue weighted by Crippen LogP contribution is 2.20. The molecule has 2 N–H and O–H groups in total. The highest BCUT2D eigenvalue weighted by atomic mass is 35.5. The maximum atomic E-state index is 13.4. The number of benzene rings is 2. The Hall–Kier alpha value is -2.14. The number of hydrogen-bond acceptors (Lipinski definition) is 3. The average Bonchev–Trinajstić information content (AvgIpc) is 2.40. The Labute approximate surface area is 118 Å². The zero-order chi connectivity index (χ0) is 14.7. The van der Waals surface area contributed by atoms with E-state index < -0.39 is 17.6 Å². The van der Waals surface area contributed by atoms with Gasteiger partial charge in [0, 0.05) is 11.6 Å². The molecule has 0 saturated carbocycles. The molecule has 0 aliphatic carbocycles. The fourth-order valence-corrected chi connectivity index (χ4v) is 1.70. The summed E-state index contributed by atoms with van der Waals surface area (Å²) in [6.07, 6.45) is 0. The van der Waals surface area contributed by atoms with Crippen molar-refractivity contribution < 1.29 is 18.3 Å². The number of esters is 1. The van der Waals surface area contributed by atoms with Crippen molar-refractivity contribution in [3.8, 4) is 0 Å². The minimum absolute atomic E-state index is 0.0845. The van der Waals surface area contributed by atoms with Crippen LogP contribution in [0.2, 0.25) is 5.02 Å². The normalized spacial score (nSPS) is 10.3. The van der Waals surface area contributed by atoms with Gasteiger partial charge in [-0.3, -0.25) is 0 Å². The minimum Gasteiger partial charge on any atom is -0.457 e. The number of nitrogens with two attached hydrogens (primary N) is 1. The van der Waals surface area contributed by atoms with E-state index in [1.54, 1.807) is 0 Å². The summed E-state index contributed by atoms with van der Waals surface area (Å²) in [4.78, 5) is 11.7. The highest BCUT2D eigenvalue weighted by Gasteiger charge is 2.11. The third-order valence-corrected chi connectivity index (χ3v) is 2.94. The van der Waals surface area contributed by atoms with Crippen LogP contribution in [0.5, 0.6) is 0 Å². The Morgan fingerprint density at radius 3 is 2.60 bits per heavy atom.